The van der Waals surface area contributed by atoms with Crippen LogP contribution in [0.25, 0.3) is 16.9 Å². The number of likely N-dealkylation sites (tertiary alicyclic amines) is 2. The van der Waals surface area contributed by atoms with E-state index in [4.69, 9.17) is 0 Å². The molecule has 5 heterocycles. The van der Waals surface area contributed by atoms with Crippen LogP contribution in [-0.4, -0.2) is 62.3 Å². The maximum absolute atomic E-state index is 13.1. The molecule has 37 heavy (non-hydrogen) atoms. The van der Waals surface area contributed by atoms with Crippen molar-refractivity contribution >= 4 is 22.9 Å². The van der Waals surface area contributed by atoms with Crippen molar-refractivity contribution in [2.75, 3.05) is 31.5 Å². The maximum atomic E-state index is 13.1. The number of aromatic amines is 1. The molecule has 0 radical (unpaired) electrons. The Kier molecular flexibility index (Phi) is 6.49. The van der Waals surface area contributed by atoms with Gasteiger partial charge in [-0.3, -0.25) is 14.0 Å². The van der Waals surface area contributed by atoms with E-state index in [1.54, 1.807) is 18.5 Å². The SMILES string of the molecule is O=C(c1ccc(Nc2ccc(-c3cc[nH]c(=O)c3)n3ccnc23)cc1)N1CCC(N2CCCCC2)CC1. The lowest BCUT2D eigenvalue weighted by Crippen LogP contribution is -2.48. The highest BCUT2D eigenvalue weighted by Crippen LogP contribution is 2.27. The molecular weight excluding hydrogens is 464 g/mol. The smallest absolute Gasteiger partial charge is 0.253 e. The molecule has 190 valence electrons. The fourth-order valence-electron chi connectivity index (χ4n) is 5.70. The van der Waals surface area contributed by atoms with Crippen LogP contribution in [0.5, 0.6) is 0 Å². The Balaban J connectivity index is 1.13. The number of amides is 1. The molecule has 3 aromatic heterocycles. The molecule has 0 aliphatic carbocycles. The number of benzene rings is 1. The predicted molar refractivity (Wildman–Crippen MR) is 145 cm³/mol. The van der Waals surface area contributed by atoms with Gasteiger partial charge in [0.25, 0.3) is 5.91 Å². The average molecular weight is 497 g/mol. The van der Waals surface area contributed by atoms with E-state index in [2.05, 4.69) is 20.2 Å². The van der Waals surface area contributed by atoms with Crippen molar-refractivity contribution in [3.05, 3.63) is 83.0 Å². The molecule has 0 spiro atoms. The van der Waals surface area contributed by atoms with E-state index in [1.807, 2.05) is 58.0 Å². The summed E-state index contributed by atoms with van der Waals surface area (Å²) in [6.07, 6.45) is 11.4. The van der Waals surface area contributed by atoms with Gasteiger partial charge in [-0.25, -0.2) is 4.98 Å². The van der Waals surface area contributed by atoms with Crippen molar-refractivity contribution in [2.45, 2.75) is 38.1 Å². The molecule has 2 saturated heterocycles. The van der Waals surface area contributed by atoms with E-state index in [0.29, 0.717) is 6.04 Å². The summed E-state index contributed by atoms with van der Waals surface area (Å²) in [5, 5.41) is 3.43. The van der Waals surface area contributed by atoms with E-state index in [9.17, 15) is 9.59 Å². The molecule has 0 saturated carbocycles. The third kappa shape index (κ3) is 4.89. The zero-order valence-corrected chi connectivity index (χ0v) is 20.9. The summed E-state index contributed by atoms with van der Waals surface area (Å²) in [4.78, 5) is 36.7. The van der Waals surface area contributed by atoms with Crippen LogP contribution in [0.4, 0.5) is 11.4 Å². The Morgan fingerprint density at radius 2 is 1.73 bits per heavy atom. The molecule has 8 nitrogen and oxygen atoms in total. The first-order valence-corrected chi connectivity index (χ1v) is 13.2. The predicted octanol–water partition coefficient (Wildman–Crippen LogP) is 4.52. The highest BCUT2D eigenvalue weighted by Gasteiger charge is 2.28. The molecule has 0 unspecified atom stereocenters. The van der Waals surface area contributed by atoms with E-state index in [0.717, 1.165) is 59.8 Å². The van der Waals surface area contributed by atoms with Crippen LogP contribution >= 0.6 is 0 Å². The standard InChI is InChI=1S/C29H32N6O2/c36-27-20-22(10-13-30-27)26-9-8-25(28-31-14-19-35(26)28)32-23-6-4-21(5-7-23)29(37)34-17-11-24(12-18-34)33-15-2-1-3-16-33/h4-10,13-14,19-20,24,32H,1-3,11-12,15-18H2,(H,30,36). The third-order valence-electron chi connectivity index (χ3n) is 7.69. The van der Waals surface area contributed by atoms with Crippen molar-refractivity contribution < 1.29 is 4.79 Å². The van der Waals surface area contributed by atoms with Crippen LogP contribution < -0.4 is 10.9 Å². The van der Waals surface area contributed by atoms with E-state index < -0.39 is 0 Å². The number of aromatic nitrogens is 3. The minimum atomic E-state index is -0.144. The number of nitrogens with zero attached hydrogens (tertiary/aromatic N) is 4. The number of hydrogen-bond donors (Lipinski definition) is 2. The van der Waals surface area contributed by atoms with Gasteiger partial charge in [0.1, 0.15) is 0 Å². The summed E-state index contributed by atoms with van der Waals surface area (Å²) < 4.78 is 1.96. The van der Waals surface area contributed by atoms with Crippen molar-refractivity contribution in [2.24, 2.45) is 0 Å². The minimum absolute atomic E-state index is 0.112. The third-order valence-corrected chi connectivity index (χ3v) is 7.69. The largest absolute Gasteiger partial charge is 0.352 e. The number of fused-ring (bicyclic) bond motifs is 1. The minimum Gasteiger partial charge on any atom is -0.352 e. The number of rotatable bonds is 5. The summed E-state index contributed by atoms with van der Waals surface area (Å²) in [5.41, 5.74) is 4.77. The summed E-state index contributed by atoms with van der Waals surface area (Å²) in [6.45, 7) is 4.09. The van der Waals surface area contributed by atoms with Crippen LogP contribution in [0.2, 0.25) is 0 Å². The second-order valence-corrected chi connectivity index (χ2v) is 10.0. The quantitative estimate of drug-likeness (QED) is 0.424. The normalized spacial score (nSPS) is 17.2. The first-order chi connectivity index (χ1) is 18.2. The first kappa shape index (κ1) is 23.5. The Morgan fingerprint density at radius 1 is 0.946 bits per heavy atom. The molecule has 2 N–H and O–H groups in total. The lowest BCUT2D eigenvalue weighted by Gasteiger charge is -2.40. The highest BCUT2D eigenvalue weighted by molar-refractivity contribution is 5.94. The summed E-state index contributed by atoms with van der Waals surface area (Å²) in [7, 11) is 0. The number of nitrogens with one attached hydrogen (secondary N) is 2. The number of hydrogen-bond acceptors (Lipinski definition) is 5. The average Bonchev–Trinajstić information content (AvgIpc) is 3.45. The Morgan fingerprint density at radius 3 is 2.49 bits per heavy atom. The highest BCUT2D eigenvalue weighted by atomic mass is 16.2. The van der Waals surface area contributed by atoms with E-state index in [1.165, 1.54) is 32.4 Å². The molecule has 0 atom stereocenters. The number of carbonyl (C=O) groups excluding carboxylic acids is 1. The summed E-state index contributed by atoms with van der Waals surface area (Å²) in [6, 6.07) is 15.7. The molecule has 8 heteroatoms. The molecule has 1 aromatic carbocycles. The number of anilines is 2. The molecular formula is C29H32N6O2. The van der Waals surface area contributed by atoms with Gasteiger partial charge in [0.15, 0.2) is 5.65 Å². The van der Waals surface area contributed by atoms with Crippen molar-refractivity contribution in [3.63, 3.8) is 0 Å². The van der Waals surface area contributed by atoms with Crippen LogP contribution in [0.1, 0.15) is 42.5 Å². The molecule has 2 fully saturated rings. The fourth-order valence-corrected chi connectivity index (χ4v) is 5.70. The van der Waals surface area contributed by atoms with Gasteiger partial charge in [-0.2, -0.15) is 0 Å². The van der Waals surface area contributed by atoms with Gasteiger partial charge in [0.05, 0.1) is 11.4 Å². The number of piperidine rings is 2. The molecule has 2 aliphatic rings. The Hall–Kier alpha value is -3.91. The van der Waals surface area contributed by atoms with Crippen molar-refractivity contribution in [1.29, 1.82) is 0 Å². The van der Waals surface area contributed by atoms with Gasteiger partial charge in [0.2, 0.25) is 5.56 Å². The maximum Gasteiger partial charge on any atom is 0.253 e. The van der Waals surface area contributed by atoms with Gasteiger partial charge in [-0.05, 0) is 81.2 Å². The van der Waals surface area contributed by atoms with Gasteiger partial charge >= 0.3 is 0 Å². The Labute approximate surface area is 215 Å². The van der Waals surface area contributed by atoms with Gasteiger partial charge < -0.3 is 20.1 Å². The first-order valence-electron chi connectivity index (χ1n) is 13.2. The fraction of sp³-hybridized carbons (Fsp3) is 0.345. The van der Waals surface area contributed by atoms with Crippen LogP contribution in [0, 0.1) is 0 Å². The van der Waals surface area contributed by atoms with Crippen molar-refractivity contribution in [3.8, 4) is 11.3 Å². The molecule has 6 rings (SSSR count). The summed E-state index contributed by atoms with van der Waals surface area (Å²) in [5.74, 6) is 0.112. The van der Waals surface area contributed by atoms with E-state index in [-0.39, 0.29) is 11.5 Å². The van der Waals surface area contributed by atoms with Crippen molar-refractivity contribution in [1.82, 2.24) is 24.2 Å². The number of imidazole rings is 1. The van der Waals surface area contributed by atoms with Gasteiger partial charge in [0, 0.05) is 60.6 Å². The number of carbonyl (C=O) groups is 1. The van der Waals surface area contributed by atoms with Crippen LogP contribution in [-0.2, 0) is 0 Å². The number of pyridine rings is 2. The number of H-pyrrole nitrogens is 1. The zero-order chi connectivity index (χ0) is 25.2. The Bertz CT molecular complexity index is 1440. The topological polar surface area (TPSA) is 85.7 Å². The van der Waals surface area contributed by atoms with Gasteiger partial charge in [-0.15, -0.1) is 0 Å². The monoisotopic (exact) mass is 496 g/mol. The van der Waals surface area contributed by atoms with Gasteiger partial charge in [-0.1, -0.05) is 6.42 Å². The second-order valence-electron chi connectivity index (χ2n) is 10.0. The zero-order valence-electron chi connectivity index (χ0n) is 20.9. The molecule has 1 amide bonds. The van der Waals surface area contributed by atoms with E-state index >= 15 is 0 Å². The lowest BCUT2D eigenvalue weighted by molar-refractivity contribution is 0.0590. The van der Waals surface area contributed by atoms with Crippen LogP contribution in [0.3, 0.4) is 0 Å². The van der Waals surface area contributed by atoms with Crippen LogP contribution in [0.15, 0.2) is 71.9 Å². The lowest BCUT2D eigenvalue weighted by atomic mass is 9.99. The molecule has 2 aliphatic heterocycles. The molecule has 4 aromatic rings. The second kappa shape index (κ2) is 10.2. The molecule has 0 bridgehead atoms. The summed E-state index contributed by atoms with van der Waals surface area (Å²) >= 11 is 0.